The fourth-order valence-electron chi connectivity index (χ4n) is 2.52. The summed E-state index contributed by atoms with van der Waals surface area (Å²) >= 11 is 5.63. The second kappa shape index (κ2) is 6.84. The van der Waals surface area contributed by atoms with Crippen molar-refractivity contribution in [3.05, 3.63) is 48.4 Å². The number of carbonyl (C=O) groups excluding carboxylic acids is 1. The summed E-state index contributed by atoms with van der Waals surface area (Å²) < 4.78 is 5.28. The molecule has 6 heteroatoms. The lowest BCUT2D eigenvalue weighted by Gasteiger charge is -2.12. The number of alkyl halides is 1. The highest BCUT2D eigenvalue weighted by atomic mass is 35.5. The van der Waals surface area contributed by atoms with Crippen molar-refractivity contribution in [2.75, 3.05) is 18.3 Å². The van der Waals surface area contributed by atoms with E-state index in [1.54, 1.807) is 13.3 Å². The standard InChI is InChI=1S/C18H16ClN3O2/c1-11-20-6-5-16(21-11)13-7-12-3-4-14(24-2)9-15(12)17(8-13)22-18(23)10-19/h3-9H,10H2,1-2H3,(H,22,23). The minimum Gasteiger partial charge on any atom is -0.497 e. The largest absolute Gasteiger partial charge is 0.497 e. The molecule has 0 aliphatic rings. The van der Waals surface area contributed by atoms with E-state index in [9.17, 15) is 4.79 Å². The molecule has 0 unspecified atom stereocenters. The fraction of sp³-hybridized carbons (Fsp3) is 0.167. The molecule has 0 bridgehead atoms. The minimum atomic E-state index is -0.267. The molecular weight excluding hydrogens is 326 g/mol. The third-order valence-corrected chi connectivity index (χ3v) is 3.87. The maximum absolute atomic E-state index is 11.8. The Labute approximate surface area is 144 Å². The molecule has 0 radical (unpaired) electrons. The zero-order valence-electron chi connectivity index (χ0n) is 13.3. The van der Waals surface area contributed by atoms with Gasteiger partial charge in [-0.15, -0.1) is 11.6 Å². The topological polar surface area (TPSA) is 64.1 Å². The number of benzene rings is 2. The number of aryl methyl sites for hydroxylation is 1. The van der Waals surface area contributed by atoms with E-state index in [1.165, 1.54) is 0 Å². The van der Waals surface area contributed by atoms with Crippen LogP contribution < -0.4 is 10.1 Å². The van der Waals surface area contributed by atoms with Crippen LogP contribution in [0.2, 0.25) is 0 Å². The van der Waals surface area contributed by atoms with Gasteiger partial charge in [0.05, 0.1) is 12.8 Å². The number of fused-ring (bicyclic) bond motifs is 1. The molecule has 0 atom stereocenters. The Morgan fingerprint density at radius 1 is 1.25 bits per heavy atom. The van der Waals surface area contributed by atoms with Crippen LogP contribution in [-0.4, -0.2) is 28.9 Å². The molecule has 0 fully saturated rings. The molecule has 1 aromatic heterocycles. The van der Waals surface area contributed by atoms with Gasteiger partial charge in [-0.25, -0.2) is 9.97 Å². The van der Waals surface area contributed by atoms with Crippen molar-refractivity contribution in [3.63, 3.8) is 0 Å². The van der Waals surface area contributed by atoms with Crippen molar-refractivity contribution in [1.29, 1.82) is 0 Å². The predicted molar refractivity (Wildman–Crippen MR) is 95.6 cm³/mol. The highest BCUT2D eigenvalue weighted by Gasteiger charge is 2.11. The van der Waals surface area contributed by atoms with Gasteiger partial charge in [0.15, 0.2) is 0 Å². The van der Waals surface area contributed by atoms with E-state index in [0.29, 0.717) is 11.5 Å². The Morgan fingerprint density at radius 3 is 2.79 bits per heavy atom. The summed E-state index contributed by atoms with van der Waals surface area (Å²) in [5.74, 6) is 1.03. The monoisotopic (exact) mass is 341 g/mol. The van der Waals surface area contributed by atoms with E-state index in [4.69, 9.17) is 16.3 Å². The number of methoxy groups -OCH3 is 1. The number of carbonyl (C=O) groups is 1. The van der Waals surface area contributed by atoms with Crippen LogP contribution in [0.3, 0.4) is 0 Å². The smallest absolute Gasteiger partial charge is 0.239 e. The number of hydrogen-bond acceptors (Lipinski definition) is 4. The zero-order chi connectivity index (χ0) is 17.1. The molecule has 1 amide bonds. The normalized spacial score (nSPS) is 10.6. The van der Waals surface area contributed by atoms with Crippen LogP contribution in [0.4, 0.5) is 5.69 Å². The number of ether oxygens (including phenoxy) is 1. The van der Waals surface area contributed by atoms with Crippen molar-refractivity contribution in [1.82, 2.24) is 9.97 Å². The highest BCUT2D eigenvalue weighted by Crippen LogP contribution is 2.32. The number of halogens is 1. The highest BCUT2D eigenvalue weighted by molar-refractivity contribution is 6.29. The second-order valence-corrected chi connectivity index (χ2v) is 5.55. The lowest BCUT2D eigenvalue weighted by Crippen LogP contribution is -2.13. The summed E-state index contributed by atoms with van der Waals surface area (Å²) in [6.07, 6.45) is 1.72. The number of nitrogens with zero attached hydrogens (tertiary/aromatic N) is 2. The minimum absolute atomic E-state index is 0.109. The Morgan fingerprint density at radius 2 is 2.08 bits per heavy atom. The van der Waals surface area contributed by atoms with Gasteiger partial charge in [0.1, 0.15) is 17.5 Å². The molecule has 1 N–H and O–H groups in total. The van der Waals surface area contributed by atoms with E-state index < -0.39 is 0 Å². The Kier molecular flexibility index (Phi) is 4.62. The van der Waals surface area contributed by atoms with Gasteiger partial charge in [0.25, 0.3) is 0 Å². The van der Waals surface area contributed by atoms with E-state index in [0.717, 1.165) is 27.8 Å². The molecule has 5 nitrogen and oxygen atoms in total. The molecule has 3 rings (SSSR count). The first-order chi connectivity index (χ1) is 11.6. The maximum atomic E-state index is 11.8. The molecule has 3 aromatic rings. The van der Waals surface area contributed by atoms with Gasteiger partial charge in [-0.05, 0) is 42.6 Å². The molecule has 1 heterocycles. The number of anilines is 1. The van der Waals surface area contributed by atoms with E-state index >= 15 is 0 Å². The van der Waals surface area contributed by atoms with Gasteiger partial charge >= 0.3 is 0 Å². The van der Waals surface area contributed by atoms with Crippen molar-refractivity contribution in [2.45, 2.75) is 6.92 Å². The van der Waals surface area contributed by atoms with Gasteiger partial charge in [0, 0.05) is 22.8 Å². The van der Waals surface area contributed by atoms with Crippen molar-refractivity contribution >= 4 is 34.0 Å². The summed E-state index contributed by atoms with van der Waals surface area (Å²) in [7, 11) is 1.61. The van der Waals surface area contributed by atoms with Crippen LogP contribution >= 0.6 is 11.6 Å². The molecule has 24 heavy (non-hydrogen) atoms. The van der Waals surface area contributed by atoms with Gasteiger partial charge < -0.3 is 10.1 Å². The van der Waals surface area contributed by atoms with Crippen molar-refractivity contribution in [2.24, 2.45) is 0 Å². The number of aromatic nitrogens is 2. The van der Waals surface area contributed by atoms with Crippen LogP contribution in [0, 0.1) is 6.92 Å². The Balaban J connectivity index is 2.20. The summed E-state index contributed by atoms with van der Waals surface area (Å²) in [5, 5.41) is 4.69. The molecular formula is C18H16ClN3O2. The first-order valence-electron chi connectivity index (χ1n) is 7.38. The lowest BCUT2D eigenvalue weighted by molar-refractivity contribution is -0.113. The maximum Gasteiger partial charge on any atom is 0.239 e. The summed E-state index contributed by atoms with van der Waals surface area (Å²) in [6, 6.07) is 11.5. The van der Waals surface area contributed by atoms with Crippen molar-refractivity contribution in [3.8, 4) is 17.0 Å². The zero-order valence-corrected chi connectivity index (χ0v) is 14.1. The molecule has 0 saturated heterocycles. The average molecular weight is 342 g/mol. The lowest BCUT2D eigenvalue weighted by atomic mass is 10.0. The van der Waals surface area contributed by atoms with E-state index in [1.807, 2.05) is 43.3 Å². The molecule has 0 spiro atoms. The van der Waals surface area contributed by atoms with Gasteiger partial charge in [-0.1, -0.05) is 6.07 Å². The van der Waals surface area contributed by atoms with Crippen LogP contribution in [0.1, 0.15) is 5.82 Å². The molecule has 0 aliphatic carbocycles. The first kappa shape index (κ1) is 16.2. The number of amides is 1. The fourth-order valence-corrected chi connectivity index (χ4v) is 2.58. The number of rotatable bonds is 4. The molecule has 2 aromatic carbocycles. The summed E-state index contributed by atoms with van der Waals surface area (Å²) in [4.78, 5) is 20.4. The van der Waals surface area contributed by atoms with Gasteiger partial charge in [-0.3, -0.25) is 4.79 Å². The average Bonchev–Trinajstić information content (AvgIpc) is 2.61. The molecule has 122 valence electrons. The Bertz CT molecular complexity index is 912. The third kappa shape index (κ3) is 3.31. The van der Waals surface area contributed by atoms with Crippen molar-refractivity contribution < 1.29 is 9.53 Å². The first-order valence-corrected chi connectivity index (χ1v) is 7.92. The predicted octanol–water partition coefficient (Wildman–Crippen LogP) is 3.79. The summed E-state index contributed by atoms with van der Waals surface area (Å²) in [6.45, 7) is 1.84. The van der Waals surface area contributed by atoms with Gasteiger partial charge in [-0.2, -0.15) is 0 Å². The van der Waals surface area contributed by atoms with Crippen LogP contribution in [-0.2, 0) is 4.79 Å². The number of nitrogens with one attached hydrogen (secondary N) is 1. The Hall–Kier alpha value is -2.66. The third-order valence-electron chi connectivity index (χ3n) is 3.63. The molecule has 0 aliphatic heterocycles. The second-order valence-electron chi connectivity index (χ2n) is 5.28. The van der Waals surface area contributed by atoms with Crippen LogP contribution in [0.15, 0.2) is 42.6 Å². The van der Waals surface area contributed by atoms with Gasteiger partial charge in [0.2, 0.25) is 5.91 Å². The quantitative estimate of drug-likeness (QED) is 0.733. The molecule has 0 saturated carbocycles. The summed E-state index contributed by atoms with van der Waals surface area (Å²) in [5.41, 5.74) is 2.35. The van der Waals surface area contributed by atoms with E-state index in [2.05, 4.69) is 15.3 Å². The number of hydrogen-bond donors (Lipinski definition) is 1. The van der Waals surface area contributed by atoms with Crippen LogP contribution in [0.25, 0.3) is 22.0 Å². The van der Waals surface area contributed by atoms with E-state index in [-0.39, 0.29) is 11.8 Å². The van der Waals surface area contributed by atoms with Crippen LogP contribution in [0.5, 0.6) is 5.75 Å². The SMILES string of the molecule is COc1ccc2cc(-c3ccnc(C)n3)cc(NC(=O)CCl)c2c1.